The Morgan fingerprint density at radius 2 is 2.00 bits per heavy atom. The van der Waals surface area contributed by atoms with Crippen molar-refractivity contribution in [3.63, 3.8) is 0 Å². The molecule has 1 aromatic carbocycles. The number of hydrogen-bond acceptors (Lipinski definition) is 4. The SMILES string of the molecule is CC[C@H](N[C@H](C)c1ccc(N2CCN(C)CC2)c(F)c1)C(N)=O. The Balaban J connectivity index is 2.07. The van der Waals surface area contributed by atoms with E-state index in [1.54, 1.807) is 6.07 Å². The van der Waals surface area contributed by atoms with Crippen LogP contribution < -0.4 is 16.0 Å². The third-order valence-electron chi connectivity index (χ3n) is 4.52. The number of amides is 1. The highest BCUT2D eigenvalue weighted by molar-refractivity contribution is 5.79. The van der Waals surface area contributed by atoms with Crippen molar-refractivity contribution < 1.29 is 9.18 Å². The van der Waals surface area contributed by atoms with Gasteiger partial charge < -0.3 is 15.5 Å². The number of nitrogens with one attached hydrogen (secondary N) is 1. The molecule has 1 aliphatic rings. The molecule has 0 spiro atoms. The second kappa shape index (κ2) is 7.75. The monoisotopic (exact) mass is 322 g/mol. The van der Waals surface area contributed by atoms with E-state index in [0.717, 1.165) is 31.7 Å². The van der Waals surface area contributed by atoms with Crippen molar-refractivity contribution in [2.75, 3.05) is 38.1 Å². The van der Waals surface area contributed by atoms with Gasteiger partial charge in [0.1, 0.15) is 5.82 Å². The van der Waals surface area contributed by atoms with Crippen molar-refractivity contribution in [1.29, 1.82) is 0 Å². The van der Waals surface area contributed by atoms with Gasteiger partial charge in [0, 0.05) is 32.2 Å². The molecular formula is C17H27FN4O. The van der Waals surface area contributed by atoms with Crippen LogP contribution in [0, 0.1) is 5.82 Å². The summed E-state index contributed by atoms with van der Waals surface area (Å²) in [4.78, 5) is 15.6. The number of primary amides is 1. The lowest BCUT2D eigenvalue weighted by Crippen LogP contribution is -2.44. The van der Waals surface area contributed by atoms with Gasteiger partial charge in [0.25, 0.3) is 0 Å². The van der Waals surface area contributed by atoms with E-state index in [4.69, 9.17) is 5.73 Å². The van der Waals surface area contributed by atoms with Crippen molar-refractivity contribution >= 4 is 11.6 Å². The molecule has 0 saturated carbocycles. The van der Waals surface area contributed by atoms with Gasteiger partial charge >= 0.3 is 0 Å². The lowest BCUT2D eigenvalue weighted by Gasteiger charge is -2.34. The molecule has 0 unspecified atom stereocenters. The summed E-state index contributed by atoms with van der Waals surface area (Å²) < 4.78 is 14.5. The highest BCUT2D eigenvalue weighted by Crippen LogP contribution is 2.24. The minimum atomic E-state index is -0.398. The molecule has 5 nitrogen and oxygen atoms in total. The molecule has 0 aliphatic carbocycles. The lowest BCUT2D eigenvalue weighted by molar-refractivity contribution is -0.120. The third-order valence-corrected chi connectivity index (χ3v) is 4.52. The first-order valence-electron chi connectivity index (χ1n) is 8.20. The van der Waals surface area contributed by atoms with E-state index < -0.39 is 6.04 Å². The first-order valence-corrected chi connectivity index (χ1v) is 8.20. The second-order valence-corrected chi connectivity index (χ2v) is 6.25. The molecule has 6 heteroatoms. The van der Waals surface area contributed by atoms with Gasteiger partial charge in [-0.25, -0.2) is 4.39 Å². The summed E-state index contributed by atoms with van der Waals surface area (Å²) in [6.07, 6.45) is 0.613. The molecular weight excluding hydrogens is 295 g/mol. The maximum Gasteiger partial charge on any atom is 0.234 e. The summed E-state index contributed by atoms with van der Waals surface area (Å²) in [7, 11) is 2.08. The molecule has 2 atom stereocenters. The van der Waals surface area contributed by atoms with Crippen LogP contribution in [0.2, 0.25) is 0 Å². The van der Waals surface area contributed by atoms with Crippen LogP contribution in [0.3, 0.4) is 0 Å². The Labute approximate surface area is 137 Å². The number of rotatable bonds is 6. The molecule has 0 aromatic heterocycles. The number of carbonyl (C=O) groups excluding carboxylic acids is 1. The molecule has 128 valence electrons. The van der Waals surface area contributed by atoms with Gasteiger partial charge in [-0.2, -0.15) is 0 Å². The zero-order valence-corrected chi connectivity index (χ0v) is 14.2. The van der Waals surface area contributed by atoms with Crippen molar-refractivity contribution in [2.45, 2.75) is 32.4 Å². The number of anilines is 1. The molecule has 2 rings (SSSR count). The zero-order chi connectivity index (χ0) is 17.0. The van der Waals surface area contributed by atoms with E-state index in [1.165, 1.54) is 0 Å². The molecule has 1 amide bonds. The van der Waals surface area contributed by atoms with Gasteiger partial charge in [0.15, 0.2) is 0 Å². The number of likely N-dealkylation sites (N-methyl/N-ethyl adjacent to an activating group) is 1. The van der Waals surface area contributed by atoms with Crippen LogP contribution in [-0.2, 0) is 4.79 Å². The van der Waals surface area contributed by atoms with Crippen LogP contribution in [-0.4, -0.2) is 50.1 Å². The third kappa shape index (κ3) is 4.42. The normalized spacial score (nSPS) is 18.7. The Morgan fingerprint density at radius 3 is 2.52 bits per heavy atom. The van der Waals surface area contributed by atoms with E-state index >= 15 is 0 Å². The van der Waals surface area contributed by atoms with Crippen molar-refractivity contribution in [1.82, 2.24) is 10.2 Å². The van der Waals surface area contributed by atoms with Crippen LogP contribution in [0.5, 0.6) is 0 Å². The molecule has 1 aliphatic heterocycles. The topological polar surface area (TPSA) is 61.6 Å². The van der Waals surface area contributed by atoms with Crippen LogP contribution in [0.15, 0.2) is 18.2 Å². The van der Waals surface area contributed by atoms with Crippen molar-refractivity contribution in [2.24, 2.45) is 5.73 Å². The van der Waals surface area contributed by atoms with Crippen LogP contribution in [0.4, 0.5) is 10.1 Å². The van der Waals surface area contributed by atoms with Gasteiger partial charge in [-0.3, -0.25) is 10.1 Å². The maximum atomic E-state index is 14.5. The fraction of sp³-hybridized carbons (Fsp3) is 0.588. The van der Waals surface area contributed by atoms with E-state index in [2.05, 4.69) is 22.2 Å². The van der Waals surface area contributed by atoms with Gasteiger partial charge in [-0.15, -0.1) is 0 Å². The van der Waals surface area contributed by atoms with E-state index in [1.807, 2.05) is 26.0 Å². The minimum absolute atomic E-state index is 0.136. The summed E-state index contributed by atoms with van der Waals surface area (Å²) in [5.74, 6) is -0.596. The van der Waals surface area contributed by atoms with E-state index in [9.17, 15) is 9.18 Å². The summed E-state index contributed by atoms with van der Waals surface area (Å²) in [5, 5.41) is 3.15. The standard InChI is InChI=1S/C17H27FN4O/c1-4-15(17(19)23)20-12(2)13-5-6-16(14(18)11-13)22-9-7-21(3)8-10-22/h5-6,11-12,15,20H,4,7-10H2,1-3H3,(H2,19,23)/t12-,15+/m1/s1. The van der Waals surface area contributed by atoms with E-state index in [0.29, 0.717) is 12.1 Å². The van der Waals surface area contributed by atoms with Crippen LogP contribution in [0.25, 0.3) is 0 Å². The number of nitrogens with zero attached hydrogens (tertiary/aromatic N) is 2. The van der Waals surface area contributed by atoms with E-state index in [-0.39, 0.29) is 17.8 Å². The Hall–Kier alpha value is -1.66. The molecule has 23 heavy (non-hydrogen) atoms. The summed E-state index contributed by atoms with van der Waals surface area (Å²) in [6, 6.07) is 4.77. The predicted molar refractivity (Wildman–Crippen MR) is 90.9 cm³/mol. The first-order chi connectivity index (χ1) is 10.9. The average Bonchev–Trinajstić information content (AvgIpc) is 2.53. The smallest absolute Gasteiger partial charge is 0.234 e. The number of carbonyl (C=O) groups is 1. The summed E-state index contributed by atoms with van der Waals surface area (Å²) in [5.41, 5.74) is 6.82. The number of nitrogens with two attached hydrogens (primary N) is 1. The number of benzene rings is 1. The summed E-state index contributed by atoms with van der Waals surface area (Å²) >= 11 is 0. The maximum absolute atomic E-state index is 14.5. The fourth-order valence-electron chi connectivity index (χ4n) is 2.90. The molecule has 1 aromatic rings. The number of piperazine rings is 1. The Kier molecular flexibility index (Phi) is 5.96. The number of halogens is 1. The van der Waals surface area contributed by atoms with Gasteiger partial charge in [0.05, 0.1) is 11.7 Å². The first kappa shape index (κ1) is 17.7. The zero-order valence-electron chi connectivity index (χ0n) is 14.2. The Bertz CT molecular complexity index is 543. The van der Waals surface area contributed by atoms with Gasteiger partial charge in [-0.1, -0.05) is 13.0 Å². The lowest BCUT2D eigenvalue weighted by atomic mass is 10.0. The predicted octanol–water partition coefficient (Wildman–Crippen LogP) is 1.49. The second-order valence-electron chi connectivity index (χ2n) is 6.25. The van der Waals surface area contributed by atoms with Crippen molar-refractivity contribution in [3.05, 3.63) is 29.6 Å². The highest BCUT2D eigenvalue weighted by atomic mass is 19.1. The minimum Gasteiger partial charge on any atom is -0.368 e. The quantitative estimate of drug-likeness (QED) is 0.833. The van der Waals surface area contributed by atoms with Crippen LogP contribution in [0.1, 0.15) is 31.9 Å². The molecule has 1 fully saturated rings. The van der Waals surface area contributed by atoms with Crippen molar-refractivity contribution in [3.8, 4) is 0 Å². The number of hydrogen-bond donors (Lipinski definition) is 2. The molecule has 1 saturated heterocycles. The van der Waals surface area contributed by atoms with Gasteiger partial charge in [-0.05, 0) is 38.1 Å². The molecule has 0 radical (unpaired) electrons. The Morgan fingerprint density at radius 1 is 1.35 bits per heavy atom. The molecule has 0 bridgehead atoms. The largest absolute Gasteiger partial charge is 0.368 e. The summed E-state index contributed by atoms with van der Waals surface area (Å²) in [6.45, 7) is 7.36. The van der Waals surface area contributed by atoms with Gasteiger partial charge in [0.2, 0.25) is 5.91 Å². The fourth-order valence-corrected chi connectivity index (χ4v) is 2.90. The average molecular weight is 322 g/mol. The van der Waals surface area contributed by atoms with Crippen LogP contribution >= 0.6 is 0 Å². The molecule has 1 heterocycles. The molecule has 3 N–H and O–H groups in total. The highest BCUT2D eigenvalue weighted by Gasteiger charge is 2.20.